The fourth-order valence-electron chi connectivity index (χ4n) is 3.00. The molecule has 22 heavy (non-hydrogen) atoms. The summed E-state index contributed by atoms with van der Waals surface area (Å²) in [6.45, 7) is 3.44. The number of aromatic nitrogens is 2. The van der Waals surface area contributed by atoms with E-state index in [9.17, 15) is 9.59 Å². The summed E-state index contributed by atoms with van der Waals surface area (Å²) in [6, 6.07) is 5.81. The van der Waals surface area contributed by atoms with Crippen molar-refractivity contribution in [1.82, 2.24) is 18.9 Å². The molecule has 3 rings (SSSR count). The highest BCUT2D eigenvalue weighted by Crippen LogP contribution is 2.15. The number of piperazine rings is 1. The average molecular weight is 302 g/mol. The molecule has 6 nitrogen and oxygen atoms in total. The zero-order valence-corrected chi connectivity index (χ0v) is 13.4. The van der Waals surface area contributed by atoms with Crippen LogP contribution in [-0.2, 0) is 25.3 Å². The maximum absolute atomic E-state index is 12.4. The number of carbonyl (C=O) groups excluding carboxylic acids is 1. The fourth-order valence-corrected chi connectivity index (χ4v) is 3.00. The third-order valence-electron chi connectivity index (χ3n) is 4.55. The summed E-state index contributed by atoms with van der Waals surface area (Å²) in [4.78, 5) is 28.5. The van der Waals surface area contributed by atoms with Crippen LogP contribution >= 0.6 is 0 Å². The standard InChI is InChI=1S/C16H22N4O2/c1-17-6-8-20(9-7-17)15(21)11-12-4-5-13-14(10-12)19(3)16(22)18(13)2/h4-5,10H,6-9,11H2,1-3H3. The molecule has 2 heterocycles. The van der Waals surface area contributed by atoms with E-state index in [-0.39, 0.29) is 11.6 Å². The molecule has 0 spiro atoms. The summed E-state index contributed by atoms with van der Waals surface area (Å²) in [6.07, 6.45) is 0.392. The van der Waals surface area contributed by atoms with Crippen LogP contribution in [0.3, 0.4) is 0 Å². The molecular weight excluding hydrogens is 280 g/mol. The van der Waals surface area contributed by atoms with Gasteiger partial charge in [-0.15, -0.1) is 0 Å². The van der Waals surface area contributed by atoms with Crippen molar-refractivity contribution in [3.63, 3.8) is 0 Å². The smallest absolute Gasteiger partial charge is 0.328 e. The van der Waals surface area contributed by atoms with Crippen LogP contribution in [0.5, 0.6) is 0 Å². The van der Waals surface area contributed by atoms with E-state index in [4.69, 9.17) is 0 Å². The van der Waals surface area contributed by atoms with E-state index in [0.717, 1.165) is 42.8 Å². The van der Waals surface area contributed by atoms with Gasteiger partial charge >= 0.3 is 5.69 Å². The third-order valence-corrected chi connectivity index (χ3v) is 4.55. The number of fused-ring (bicyclic) bond motifs is 1. The lowest BCUT2D eigenvalue weighted by molar-refractivity contribution is -0.132. The Labute approximate surface area is 129 Å². The summed E-state index contributed by atoms with van der Waals surface area (Å²) < 4.78 is 3.25. The molecule has 0 atom stereocenters. The number of nitrogens with zero attached hydrogens (tertiary/aromatic N) is 4. The van der Waals surface area contributed by atoms with Crippen molar-refractivity contribution in [3.8, 4) is 0 Å². The molecule has 0 radical (unpaired) electrons. The quantitative estimate of drug-likeness (QED) is 0.796. The second-order valence-corrected chi connectivity index (χ2v) is 6.08. The van der Waals surface area contributed by atoms with Crippen molar-refractivity contribution < 1.29 is 4.79 Å². The molecule has 1 aromatic heterocycles. The van der Waals surface area contributed by atoms with Crippen molar-refractivity contribution >= 4 is 16.9 Å². The fraction of sp³-hybridized carbons (Fsp3) is 0.500. The number of amides is 1. The van der Waals surface area contributed by atoms with Gasteiger partial charge < -0.3 is 9.80 Å². The van der Waals surface area contributed by atoms with Gasteiger partial charge in [0.15, 0.2) is 0 Å². The number of aryl methyl sites for hydroxylation is 2. The highest BCUT2D eigenvalue weighted by molar-refractivity contribution is 5.82. The van der Waals surface area contributed by atoms with Gasteiger partial charge in [0.25, 0.3) is 0 Å². The lowest BCUT2D eigenvalue weighted by atomic mass is 10.1. The van der Waals surface area contributed by atoms with Crippen LogP contribution in [0.4, 0.5) is 0 Å². The summed E-state index contributed by atoms with van der Waals surface area (Å²) in [5.74, 6) is 0.161. The van der Waals surface area contributed by atoms with Crippen molar-refractivity contribution in [3.05, 3.63) is 34.2 Å². The van der Waals surface area contributed by atoms with Gasteiger partial charge in [-0.25, -0.2) is 4.79 Å². The molecule has 2 aromatic rings. The van der Waals surface area contributed by atoms with E-state index in [1.165, 1.54) is 0 Å². The number of likely N-dealkylation sites (N-methyl/N-ethyl adjacent to an activating group) is 1. The summed E-state index contributed by atoms with van der Waals surface area (Å²) in [5, 5.41) is 0. The SMILES string of the molecule is CN1CCN(C(=O)Cc2ccc3c(c2)n(C)c(=O)n3C)CC1. The predicted molar refractivity (Wildman–Crippen MR) is 85.9 cm³/mol. The molecule has 1 aliphatic rings. The van der Waals surface area contributed by atoms with Crippen LogP contribution in [0.1, 0.15) is 5.56 Å². The second-order valence-electron chi connectivity index (χ2n) is 6.08. The zero-order chi connectivity index (χ0) is 15.9. The highest BCUT2D eigenvalue weighted by Gasteiger charge is 2.19. The van der Waals surface area contributed by atoms with Crippen molar-refractivity contribution in [1.29, 1.82) is 0 Å². The molecule has 0 bridgehead atoms. The van der Waals surface area contributed by atoms with Gasteiger partial charge in [0.2, 0.25) is 5.91 Å². The lowest BCUT2D eigenvalue weighted by Crippen LogP contribution is -2.47. The topological polar surface area (TPSA) is 50.5 Å². The zero-order valence-electron chi connectivity index (χ0n) is 13.4. The maximum atomic E-state index is 12.4. The average Bonchev–Trinajstić information content (AvgIpc) is 2.72. The number of hydrogen-bond acceptors (Lipinski definition) is 3. The molecule has 1 saturated heterocycles. The number of benzene rings is 1. The Morgan fingerprint density at radius 2 is 1.64 bits per heavy atom. The first-order chi connectivity index (χ1) is 10.5. The molecule has 1 amide bonds. The van der Waals surface area contributed by atoms with E-state index < -0.39 is 0 Å². The summed E-state index contributed by atoms with van der Waals surface area (Å²) in [7, 11) is 5.60. The van der Waals surface area contributed by atoms with Crippen LogP contribution in [0.2, 0.25) is 0 Å². The van der Waals surface area contributed by atoms with Crippen LogP contribution in [0.25, 0.3) is 11.0 Å². The molecule has 6 heteroatoms. The number of hydrogen-bond donors (Lipinski definition) is 0. The second kappa shape index (κ2) is 5.61. The monoisotopic (exact) mass is 302 g/mol. The summed E-state index contributed by atoms with van der Waals surface area (Å²) >= 11 is 0. The number of rotatable bonds is 2. The lowest BCUT2D eigenvalue weighted by Gasteiger charge is -2.32. The van der Waals surface area contributed by atoms with Crippen LogP contribution in [0, 0.1) is 0 Å². The van der Waals surface area contributed by atoms with E-state index in [2.05, 4.69) is 11.9 Å². The first-order valence-corrected chi connectivity index (χ1v) is 7.58. The van der Waals surface area contributed by atoms with Crippen molar-refractivity contribution in [2.24, 2.45) is 14.1 Å². The summed E-state index contributed by atoms with van der Waals surface area (Å²) in [5.41, 5.74) is 2.68. The van der Waals surface area contributed by atoms with E-state index in [1.54, 1.807) is 23.2 Å². The molecule has 1 aromatic carbocycles. The Bertz CT molecular complexity index is 766. The third kappa shape index (κ3) is 2.54. The van der Waals surface area contributed by atoms with Gasteiger partial charge in [-0.2, -0.15) is 0 Å². The maximum Gasteiger partial charge on any atom is 0.328 e. The molecule has 118 valence electrons. The van der Waals surface area contributed by atoms with Gasteiger partial charge in [0.05, 0.1) is 17.5 Å². The molecular formula is C16H22N4O2. The first kappa shape index (κ1) is 14.8. The minimum Gasteiger partial charge on any atom is -0.340 e. The van der Waals surface area contributed by atoms with E-state index >= 15 is 0 Å². The molecule has 1 fully saturated rings. The molecule has 0 aliphatic carbocycles. The predicted octanol–water partition coefficient (Wildman–Crippen LogP) is 0.194. The molecule has 0 unspecified atom stereocenters. The Balaban J connectivity index is 1.81. The van der Waals surface area contributed by atoms with Gasteiger partial charge in [-0.1, -0.05) is 6.07 Å². The minimum atomic E-state index is -0.0439. The van der Waals surface area contributed by atoms with Crippen LogP contribution in [0.15, 0.2) is 23.0 Å². The normalized spacial score (nSPS) is 16.4. The van der Waals surface area contributed by atoms with E-state index in [1.807, 2.05) is 23.1 Å². The number of carbonyl (C=O) groups is 1. The van der Waals surface area contributed by atoms with Gasteiger partial charge in [-0.3, -0.25) is 13.9 Å². The van der Waals surface area contributed by atoms with Crippen LogP contribution in [-0.4, -0.2) is 58.1 Å². The largest absolute Gasteiger partial charge is 0.340 e. The Kier molecular flexibility index (Phi) is 3.78. The first-order valence-electron chi connectivity index (χ1n) is 7.58. The molecule has 0 N–H and O–H groups in total. The van der Waals surface area contributed by atoms with Gasteiger partial charge in [0, 0.05) is 40.3 Å². The van der Waals surface area contributed by atoms with Crippen molar-refractivity contribution in [2.45, 2.75) is 6.42 Å². The van der Waals surface area contributed by atoms with Crippen LogP contribution < -0.4 is 5.69 Å². The van der Waals surface area contributed by atoms with Gasteiger partial charge in [0.1, 0.15) is 0 Å². The molecule has 0 saturated carbocycles. The van der Waals surface area contributed by atoms with Gasteiger partial charge in [-0.05, 0) is 24.7 Å². The Hall–Kier alpha value is -2.08. The molecule has 1 aliphatic heterocycles. The Morgan fingerprint density at radius 1 is 1.00 bits per heavy atom. The van der Waals surface area contributed by atoms with Crippen molar-refractivity contribution in [2.75, 3.05) is 33.2 Å². The van der Waals surface area contributed by atoms with E-state index in [0.29, 0.717) is 6.42 Å². The number of imidazole rings is 1. The minimum absolute atomic E-state index is 0.0439. The Morgan fingerprint density at radius 3 is 2.32 bits per heavy atom. The highest BCUT2D eigenvalue weighted by atomic mass is 16.2.